The average molecular weight is 232 g/mol. The molecule has 5 nitrogen and oxygen atoms in total. The number of hydrogen-bond donors (Lipinski definition) is 1. The number of rotatable bonds is 3. The Labute approximate surface area is 131 Å². The van der Waals surface area contributed by atoms with Gasteiger partial charge in [0.15, 0.2) is 0 Å². The molecule has 0 aliphatic rings. The summed E-state index contributed by atoms with van der Waals surface area (Å²) in [7, 11) is 3.52. The van der Waals surface area contributed by atoms with Crippen LogP contribution in [0.5, 0.6) is 0 Å². The summed E-state index contributed by atoms with van der Waals surface area (Å²) in [5.74, 6) is -0.943. The van der Waals surface area contributed by atoms with E-state index in [0.717, 1.165) is 0 Å². The second-order valence-electron chi connectivity index (χ2n) is 2.89. The van der Waals surface area contributed by atoms with Gasteiger partial charge >= 0.3 is 5.97 Å². The molecule has 0 aliphatic carbocycles. The molecule has 0 amide bonds. The van der Waals surface area contributed by atoms with Crippen LogP contribution in [0.3, 0.4) is 0 Å². The van der Waals surface area contributed by atoms with Crippen molar-refractivity contribution in [2.24, 2.45) is 10.3 Å². The van der Waals surface area contributed by atoms with Gasteiger partial charge in [0.1, 0.15) is 0 Å². The van der Waals surface area contributed by atoms with Gasteiger partial charge in [0.2, 0.25) is 0 Å². The van der Waals surface area contributed by atoms with Crippen molar-refractivity contribution in [2.45, 2.75) is 0 Å². The molecule has 1 N–H and O–H groups in total. The predicted octanol–water partition coefficient (Wildman–Crippen LogP) is 1.56. The van der Waals surface area contributed by atoms with E-state index in [-0.39, 0.29) is 56.9 Å². The summed E-state index contributed by atoms with van der Waals surface area (Å²) in [4.78, 5) is 10.5. The standard InChI is InChI=1S/C9H11N3O2.K/c1-12(2)11-10-8-5-3-7(4-6-8)9(13)14;/h3-6H,1-2H3,(H,13,14);. The van der Waals surface area contributed by atoms with Crippen LogP contribution in [0.25, 0.3) is 0 Å². The first-order valence-corrected chi connectivity index (χ1v) is 4.02. The maximum atomic E-state index is 10.5. The minimum atomic E-state index is -0.943. The van der Waals surface area contributed by atoms with Crippen LogP contribution in [0.2, 0.25) is 0 Å². The molecule has 1 rings (SSSR count). The predicted molar refractivity (Wildman–Crippen MR) is 57.4 cm³/mol. The van der Waals surface area contributed by atoms with Crippen molar-refractivity contribution in [1.82, 2.24) is 5.01 Å². The summed E-state index contributed by atoms with van der Waals surface area (Å²) in [5, 5.41) is 17.8. The Balaban J connectivity index is 0.00000196. The van der Waals surface area contributed by atoms with Crippen molar-refractivity contribution in [3.8, 4) is 0 Å². The molecule has 0 unspecified atom stereocenters. The van der Waals surface area contributed by atoms with Crippen LogP contribution >= 0.6 is 0 Å². The summed E-state index contributed by atoms with van der Waals surface area (Å²) >= 11 is 0. The Morgan fingerprint density at radius 3 is 2.20 bits per heavy atom. The van der Waals surface area contributed by atoms with E-state index in [0.29, 0.717) is 5.69 Å². The quantitative estimate of drug-likeness (QED) is 0.488. The number of carbonyl (C=O) groups is 1. The number of benzene rings is 1. The van der Waals surface area contributed by atoms with Crippen LogP contribution in [-0.4, -0.2) is 81.6 Å². The third-order valence-electron chi connectivity index (χ3n) is 1.45. The van der Waals surface area contributed by atoms with Gasteiger partial charge in [0, 0.05) is 65.5 Å². The zero-order chi connectivity index (χ0) is 10.6. The Morgan fingerprint density at radius 1 is 1.27 bits per heavy atom. The molecule has 1 aromatic carbocycles. The van der Waals surface area contributed by atoms with Gasteiger partial charge in [-0.2, -0.15) is 0 Å². The van der Waals surface area contributed by atoms with Gasteiger partial charge in [0.05, 0.1) is 11.3 Å². The third-order valence-corrected chi connectivity index (χ3v) is 1.45. The van der Waals surface area contributed by atoms with Gasteiger partial charge < -0.3 is 5.11 Å². The first-order chi connectivity index (χ1) is 6.59. The van der Waals surface area contributed by atoms with Gasteiger partial charge in [-0.25, -0.2) is 4.79 Å². The molecule has 6 heteroatoms. The monoisotopic (exact) mass is 232 g/mol. The van der Waals surface area contributed by atoms with Gasteiger partial charge in [-0.3, -0.25) is 5.01 Å². The molecule has 0 aliphatic heterocycles. The van der Waals surface area contributed by atoms with Gasteiger partial charge in [-0.1, -0.05) is 5.22 Å². The zero-order valence-electron chi connectivity index (χ0n) is 9.01. The number of aromatic carboxylic acids is 1. The van der Waals surface area contributed by atoms with E-state index >= 15 is 0 Å². The Morgan fingerprint density at radius 2 is 1.80 bits per heavy atom. The van der Waals surface area contributed by atoms with Crippen molar-refractivity contribution in [2.75, 3.05) is 14.1 Å². The van der Waals surface area contributed by atoms with E-state index in [9.17, 15) is 4.79 Å². The SMILES string of the molecule is CN(C)N=Nc1ccc(C(=O)O)cc1.[K]. The van der Waals surface area contributed by atoms with Crippen molar-refractivity contribution in [3.05, 3.63) is 29.8 Å². The molecule has 0 heterocycles. The molecule has 0 bridgehead atoms. The van der Waals surface area contributed by atoms with Gasteiger partial charge in [0.25, 0.3) is 0 Å². The molecule has 0 spiro atoms. The second-order valence-corrected chi connectivity index (χ2v) is 2.89. The van der Waals surface area contributed by atoms with E-state index in [1.54, 1.807) is 31.2 Å². The fraction of sp³-hybridized carbons (Fsp3) is 0.222. The summed E-state index contributed by atoms with van der Waals surface area (Å²) < 4.78 is 0. The maximum absolute atomic E-state index is 10.5. The molecule has 15 heavy (non-hydrogen) atoms. The maximum Gasteiger partial charge on any atom is 0.335 e. The summed E-state index contributed by atoms with van der Waals surface area (Å²) in [6.07, 6.45) is 0. The fourth-order valence-corrected chi connectivity index (χ4v) is 0.812. The molecule has 1 radical (unpaired) electrons. The van der Waals surface area contributed by atoms with Crippen LogP contribution < -0.4 is 0 Å². The van der Waals surface area contributed by atoms with Crippen LogP contribution in [0, 0.1) is 0 Å². The van der Waals surface area contributed by atoms with E-state index in [1.807, 2.05) is 0 Å². The molecule has 0 saturated heterocycles. The second kappa shape index (κ2) is 7.07. The molecular weight excluding hydrogens is 221 g/mol. The zero-order valence-corrected chi connectivity index (χ0v) is 12.1. The molecule has 0 saturated carbocycles. The van der Waals surface area contributed by atoms with E-state index in [1.165, 1.54) is 12.1 Å². The average Bonchev–Trinajstić information content (AvgIpc) is 2.15. The molecular formula is C9H11KN3O2. The van der Waals surface area contributed by atoms with Crippen molar-refractivity contribution < 1.29 is 9.90 Å². The Bertz CT molecular complexity index is 349. The largest absolute Gasteiger partial charge is 0.478 e. The smallest absolute Gasteiger partial charge is 0.335 e. The van der Waals surface area contributed by atoms with Crippen molar-refractivity contribution >= 4 is 63.0 Å². The molecule has 0 fully saturated rings. The molecule has 1 aromatic rings. The van der Waals surface area contributed by atoms with Crippen LogP contribution in [0.4, 0.5) is 5.69 Å². The minimum absolute atomic E-state index is 0. The number of hydrogen-bond acceptors (Lipinski definition) is 3. The molecule has 0 atom stereocenters. The Hall–Kier alpha value is -0.274. The normalized spacial score (nSPS) is 9.73. The van der Waals surface area contributed by atoms with Gasteiger partial charge in [-0.05, 0) is 24.3 Å². The first kappa shape index (κ1) is 14.7. The first-order valence-electron chi connectivity index (χ1n) is 4.02. The number of carboxylic acids is 1. The summed E-state index contributed by atoms with van der Waals surface area (Å²) in [6, 6.07) is 6.20. The van der Waals surface area contributed by atoms with E-state index in [4.69, 9.17) is 5.11 Å². The fourth-order valence-electron chi connectivity index (χ4n) is 0.812. The Kier molecular flexibility index (Phi) is 6.95. The minimum Gasteiger partial charge on any atom is -0.478 e. The summed E-state index contributed by atoms with van der Waals surface area (Å²) in [5.41, 5.74) is 0.873. The number of nitrogens with zero attached hydrogens (tertiary/aromatic N) is 3. The van der Waals surface area contributed by atoms with Crippen molar-refractivity contribution in [3.63, 3.8) is 0 Å². The van der Waals surface area contributed by atoms with Crippen LogP contribution in [-0.2, 0) is 0 Å². The van der Waals surface area contributed by atoms with Crippen LogP contribution in [0.15, 0.2) is 34.6 Å². The van der Waals surface area contributed by atoms with Gasteiger partial charge in [-0.15, -0.1) is 5.11 Å². The van der Waals surface area contributed by atoms with Crippen molar-refractivity contribution in [1.29, 1.82) is 0 Å². The third kappa shape index (κ3) is 5.38. The van der Waals surface area contributed by atoms with E-state index in [2.05, 4.69) is 10.3 Å². The van der Waals surface area contributed by atoms with E-state index < -0.39 is 5.97 Å². The molecule has 75 valence electrons. The molecule has 0 aromatic heterocycles. The number of carboxylic acid groups (broad SMARTS) is 1. The summed E-state index contributed by atoms with van der Waals surface area (Å²) in [6.45, 7) is 0. The topological polar surface area (TPSA) is 65.3 Å². The van der Waals surface area contributed by atoms with Crippen LogP contribution in [0.1, 0.15) is 10.4 Å².